The van der Waals surface area contributed by atoms with Crippen molar-refractivity contribution in [2.45, 2.75) is 26.4 Å². The number of amides is 2. The highest BCUT2D eigenvalue weighted by atomic mass is 16.5. The molecular weight excluding hydrogens is 244 g/mol. The number of rotatable bonds is 4. The zero-order valence-corrected chi connectivity index (χ0v) is 11.8. The average molecular weight is 264 g/mol. The third-order valence-electron chi connectivity index (χ3n) is 3.13. The van der Waals surface area contributed by atoms with Crippen LogP contribution in [0.4, 0.5) is 4.79 Å². The maximum absolute atomic E-state index is 11.8. The largest absolute Gasteiger partial charge is 0.453 e. The van der Waals surface area contributed by atoms with Gasteiger partial charge in [0.15, 0.2) is 0 Å². The summed E-state index contributed by atoms with van der Waals surface area (Å²) in [5.41, 5.74) is 2.33. The van der Waals surface area contributed by atoms with Gasteiger partial charge in [-0.15, -0.1) is 0 Å². The molecular formula is C14H20N2O3. The van der Waals surface area contributed by atoms with E-state index in [0.717, 1.165) is 5.56 Å². The number of methoxy groups -OCH3 is 1. The summed E-state index contributed by atoms with van der Waals surface area (Å²) < 4.78 is 4.40. The van der Waals surface area contributed by atoms with Gasteiger partial charge in [0.2, 0.25) is 5.91 Å². The molecule has 0 bridgehead atoms. The Morgan fingerprint density at radius 2 is 2.00 bits per heavy atom. The molecule has 1 atom stereocenters. The van der Waals surface area contributed by atoms with E-state index in [4.69, 9.17) is 0 Å². The van der Waals surface area contributed by atoms with Crippen LogP contribution in [-0.2, 0) is 16.1 Å². The van der Waals surface area contributed by atoms with Crippen LogP contribution in [-0.4, -0.2) is 37.1 Å². The second kappa shape index (κ2) is 6.89. The number of carbonyl (C=O) groups is 2. The molecule has 0 aliphatic heterocycles. The van der Waals surface area contributed by atoms with Crippen molar-refractivity contribution in [2.75, 3.05) is 14.2 Å². The summed E-state index contributed by atoms with van der Waals surface area (Å²) >= 11 is 0. The van der Waals surface area contributed by atoms with Gasteiger partial charge < -0.3 is 4.74 Å². The standard InChI is InChI=1S/C14H20N2O3/c1-10-7-5-6-8-12(10)9-16(3)11(2)13(17)15-14(18)19-4/h5-8,11H,9H2,1-4H3,(H,15,17,18)/t11-/m0/s1. The molecule has 1 N–H and O–H groups in total. The zero-order chi connectivity index (χ0) is 14.4. The fourth-order valence-corrected chi connectivity index (χ4v) is 1.65. The van der Waals surface area contributed by atoms with Crippen LogP contribution in [0, 0.1) is 6.92 Å². The van der Waals surface area contributed by atoms with E-state index in [1.807, 2.05) is 43.1 Å². The highest BCUT2D eigenvalue weighted by molar-refractivity contribution is 5.94. The van der Waals surface area contributed by atoms with Gasteiger partial charge in [0, 0.05) is 6.54 Å². The highest BCUT2D eigenvalue weighted by Gasteiger charge is 2.20. The fraction of sp³-hybridized carbons (Fsp3) is 0.429. The predicted octanol–water partition coefficient (Wildman–Crippen LogP) is 1.70. The number of likely N-dealkylation sites (N-methyl/N-ethyl adjacent to an activating group) is 1. The van der Waals surface area contributed by atoms with Crippen molar-refractivity contribution in [3.05, 3.63) is 35.4 Å². The number of hydrogen-bond donors (Lipinski definition) is 1. The molecule has 1 aromatic carbocycles. The molecule has 0 aliphatic carbocycles. The zero-order valence-electron chi connectivity index (χ0n) is 11.8. The van der Waals surface area contributed by atoms with E-state index in [1.165, 1.54) is 12.7 Å². The van der Waals surface area contributed by atoms with Crippen LogP contribution in [0.3, 0.4) is 0 Å². The van der Waals surface area contributed by atoms with Gasteiger partial charge in [0.05, 0.1) is 13.2 Å². The molecule has 19 heavy (non-hydrogen) atoms. The molecule has 0 aliphatic rings. The topological polar surface area (TPSA) is 58.6 Å². The van der Waals surface area contributed by atoms with Crippen LogP contribution in [0.1, 0.15) is 18.1 Å². The summed E-state index contributed by atoms with van der Waals surface area (Å²) in [6.45, 7) is 4.42. The molecule has 2 amide bonds. The minimum absolute atomic E-state index is 0.372. The first kappa shape index (κ1) is 15.2. The summed E-state index contributed by atoms with van der Waals surface area (Å²) in [4.78, 5) is 24.6. The number of nitrogens with zero attached hydrogens (tertiary/aromatic N) is 1. The summed E-state index contributed by atoms with van der Waals surface area (Å²) in [6.07, 6.45) is -0.735. The van der Waals surface area contributed by atoms with Crippen molar-refractivity contribution in [3.63, 3.8) is 0 Å². The SMILES string of the molecule is COC(=O)NC(=O)[C@H](C)N(C)Cc1ccccc1C. The van der Waals surface area contributed by atoms with E-state index in [0.29, 0.717) is 6.54 Å². The minimum Gasteiger partial charge on any atom is -0.453 e. The van der Waals surface area contributed by atoms with E-state index < -0.39 is 12.1 Å². The molecule has 0 spiro atoms. The number of ether oxygens (including phenoxy) is 1. The lowest BCUT2D eigenvalue weighted by Gasteiger charge is -2.24. The van der Waals surface area contributed by atoms with E-state index in [2.05, 4.69) is 10.1 Å². The van der Waals surface area contributed by atoms with Gasteiger partial charge in [-0.3, -0.25) is 15.0 Å². The number of hydrogen-bond acceptors (Lipinski definition) is 4. The van der Waals surface area contributed by atoms with E-state index in [9.17, 15) is 9.59 Å². The second-order valence-corrected chi connectivity index (χ2v) is 4.50. The lowest BCUT2D eigenvalue weighted by molar-refractivity contribution is -0.124. The summed E-state index contributed by atoms with van der Waals surface area (Å²) in [5.74, 6) is -0.372. The van der Waals surface area contributed by atoms with Gasteiger partial charge in [0.25, 0.3) is 0 Å². The molecule has 0 heterocycles. The lowest BCUT2D eigenvalue weighted by atomic mass is 10.1. The van der Waals surface area contributed by atoms with Crippen molar-refractivity contribution in [1.82, 2.24) is 10.2 Å². The van der Waals surface area contributed by atoms with E-state index in [1.54, 1.807) is 6.92 Å². The van der Waals surface area contributed by atoms with Crippen LogP contribution in [0.5, 0.6) is 0 Å². The average Bonchev–Trinajstić information content (AvgIpc) is 2.40. The first-order valence-corrected chi connectivity index (χ1v) is 6.09. The van der Waals surface area contributed by atoms with Crippen molar-refractivity contribution in [3.8, 4) is 0 Å². The van der Waals surface area contributed by atoms with Crippen LogP contribution < -0.4 is 5.32 Å². The molecule has 1 rings (SSSR count). The Kier molecular flexibility index (Phi) is 5.51. The molecule has 0 unspecified atom stereocenters. The quantitative estimate of drug-likeness (QED) is 0.899. The number of nitrogens with one attached hydrogen (secondary N) is 1. The summed E-state index contributed by atoms with van der Waals surface area (Å²) in [7, 11) is 3.07. The Labute approximate surface area is 113 Å². The van der Waals surface area contributed by atoms with Gasteiger partial charge >= 0.3 is 6.09 Å². The van der Waals surface area contributed by atoms with E-state index in [-0.39, 0.29) is 5.91 Å². The maximum atomic E-state index is 11.8. The minimum atomic E-state index is -0.735. The number of imide groups is 1. The predicted molar refractivity (Wildman–Crippen MR) is 72.7 cm³/mol. The normalized spacial score (nSPS) is 12.1. The van der Waals surface area contributed by atoms with Crippen LogP contribution in [0.15, 0.2) is 24.3 Å². The molecule has 0 fully saturated rings. The third-order valence-corrected chi connectivity index (χ3v) is 3.13. The molecule has 0 saturated heterocycles. The van der Waals surface area contributed by atoms with Gasteiger partial charge in [-0.25, -0.2) is 4.79 Å². The molecule has 0 saturated carbocycles. The van der Waals surface area contributed by atoms with Crippen molar-refractivity contribution in [1.29, 1.82) is 0 Å². The molecule has 5 heteroatoms. The molecule has 5 nitrogen and oxygen atoms in total. The number of carbonyl (C=O) groups excluding carboxylic acids is 2. The lowest BCUT2D eigenvalue weighted by Crippen LogP contribution is -2.45. The van der Waals surface area contributed by atoms with Crippen LogP contribution in [0.2, 0.25) is 0 Å². The third kappa shape index (κ3) is 4.37. The van der Waals surface area contributed by atoms with Gasteiger partial charge in [-0.1, -0.05) is 24.3 Å². The second-order valence-electron chi connectivity index (χ2n) is 4.50. The van der Waals surface area contributed by atoms with Gasteiger partial charge in [-0.05, 0) is 32.0 Å². The van der Waals surface area contributed by atoms with Crippen molar-refractivity contribution < 1.29 is 14.3 Å². The maximum Gasteiger partial charge on any atom is 0.413 e. The van der Waals surface area contributed by atoms with E-state index >= 15 is 0 Å². The number of benzene rings is 1. The fourth-order valence-electron chi connectivity index (χ4n) is 1.65. The molecule has 1 aromatic rings. The molecule has 104 valence electrons. The smallest absolute Gasteiger partial charge is 0.413 e. The number of alkyl carbamates (subject to hydrolysis) is 1. The van der Waals surface area contributed by atoms with Gasteiger partial charge in [-0.2, -0.15) is 0 Å². The Morgan fingerprint density at radius 3 is 2.58 bits per heavy atom. The van der Waals surface area contributed by atoms with Crippen molar-refractivity contribution >= 4 is 12.0 Å². The summed E-state index contributed by atoms with van der Waals surface area (Å²) in [6, 6.07) is 7.58. The monoisotopic (exact) mass is 264 g/mol. The van der Waals surface area contributed by atoms with Crippen LogP contribution in [0.25, 0.3) is 0 Å². The van der Waals surface area contributed by atoms with Crippen LogP contribution >= 0.6 is 0 Å². The molecule has 0 aromatic heterocycles. The van der Waals surface area contributed by atoms with Crippen molar-refractivity contribution in [2.24, 2.45) is 0 Å². The Hall–Kier alpha value is -1.88. The van der Waals surface area contributed by atoms with Gasteiger partial charge in [0.1, 0.15) is 0 Å². The Morgan fingerprint density at radius 1 is 1.37 bits per heavy atom. The highest BCUT2D eigenvalue weighted by Crippen LogP contribution is 2.11. The Balaban J connectivity index is 2.62. The molecule has 0 radical (unpaired) electrons. The number of aryl methyl sites for hydroxylation is 1. The summed E-state index contributed by atoms with van der Waals surface area (Å²) in [5, 5.41) is 2.17. The first-order chi connectivity index (χ1) is 8.95. The first-order valence-electron chi connectivity index (χ1n) is 6.09. The Bertz CT molecular complexity index is 460.